The van der Waals surface area contributed by atoms with Crippen LogP contribution >= 0.6 is 0 Å². The first-order chi connectivity index (χ1) is 5.77. The molecule has 0 nitrogen and oxygen atoms in total. The van der Waals surface area contributed by atoms with Crippen molar-refractivity contribution < 1.29 is 0 Å². The van der Waals surface area contributed by atoms with Crippen LogP contribution in [0.2, 0.25) is 18.1 Å². The fraction of sp³-hybridized carbons (Fsp3) is 0.636. The first kappa shape index (κ1) is 12.4. The molecule has 0 N–H and O–H groups in total. The van der Waals surface area contributed by atoms with E-state index in [9.17, 15) is 0 Å². The van der Waals surface area contributed by atoms with Crippen molar-refractivity contribution in [1.82, 2.24) is 0 Å². The first-order valence-electron chi connectivity index (χ1n) is 5.13. The van der Waals surface area contributed by atoms with Crippen LogP contribution in [0.4, 0.5) is 0 Å². The molecule has 0 aromatic carbocycles. The second-order valence-electron chi connectivity index (χ2n) is 5.68. The van der Waals surface area contributed by atoms with E-state index >= 15 is 0 Å². The molecule has 0 heterocycles. The van der Waals surface area contributed by atoms with Gasteiger partial charge in [0.1, 0.15) is 0 Å². The van der Waals surface area contributed by atoms with E-state index < -0.39 is 8.07 Å². The molecular formula is C11H19KSi. The Morgan fingerprint density at radius 3 is 2.15 bits per heavy atom. The summed E-state index contributed by atoms with van der Waals surface area (Å²) in [5.74, 6) is 0. The van der Waals surface area contributed by atoms with Crippen LogP contribution in [-0.4, -0.2) is 57.0 Å². The van der Waals surface area contributed by atoms with E-state index in [0.717, 1.165) is 49.0 Å². The van der Waals surface area contributed by atoms with Crippen LogP contribution in [-0.2, 0) is 0 Å². The number of allylic oxidation sites excluding steroid dienone is 4. The Morgan fingerprint density at radius 1 is 1.31 bits per heavy atom. The molecule has 0 fully saturated rings. The van der Waals surface area contributed by atoms with Crippen LogP contribution in [0.25, 0.3) is 0 Å². The first-order valence-corrected chi connectivity index (χ1v) is 9.70. The van der Waals surface area contributed by atoms with E-state index in [4.69, 9.17) is 0 Å². The summed E-state index contributed by atoms with van der Waals surface area (Å²) in [5, 5.41) is 2.26. The van der Waals surface area contributed by atoms with Crippen molar-refractivity contribution >= 4 is 57.0 Å². The summed E-state index contributed by atoms with van der Waals surface area (Å²) >= 11 is 0.890. The normalized spacial score (nSPS) is 18.7. The molecule has 2 heteroatoms. The Bertz CT molecular complexity index is 266. The predicted molar refractivity (Wildman–Crippen MR) is 63.7 cm³/mol. The van der Waals surface area contributed by atoms with Crippen LogP contribution in [0.1, 0.15) is 27.2 Å². The average molecular weight is 218 g/mol. The molecule has 1 aliphatic carbocycles. The van der Waals surface area contributed by atoms with Crippen molar-refractivity contribution in [1.29, 1.82) is 0 Å². The fourth-order valence-corrected chi connectivity index (χ4v) is 7.82. The van der Waals surface area contributed by atoms with Crippen molar-refractivity contribution in [3.8, 4) is 0 Å². The van der Waals surface area contributed by atoms with Gasteiger partial charge in [0.05, 0.1) is 0 Å². The minimum atomic E-state index is -1.20. The summed E-state index contributed by atoms with van der Waals surface area (Å²) in [5.41, 5.74) is 0. The number of hydrogen-bond donors (Lipinski definition) is 0. The Hall–Kier alpha value is 1.33. The molecule has 0 bridgehead atoms. The third-order valence-corrected chi connectivity index (χ3v) is 11.7. The van der Waals surface area contributed by atoms with Crippen LogP contribution in [0.15, 0.2) is 17.0 Å². The van der Waals surface area contributed by atoms with Crippen LogP contribution in [0.3, 0.4) is 0 Å². The minimum absolute atomic E-state index is 0.501. The summed E-state index contributed by atoms with van der Waals surface area (Å²) < 4.78 is 1.79. The molecule has 0 saturated heterocycles. The molecule has 68 valence electrons. The van der Waals surface area contributed by atoms with Crippen molar-refractivity contribution in [3.05, 3.63) is 17.0 Å². The van der Waals surface area contributed by atoms with Crippen molar-refractivity contribution in [3.63, 3.8) is 0 Å². The van der Waals surface area contributed by atoms with E-state index in [0.29, 0.717) is 5.04 Å². The second-order valence-corrected chi connectivity index (χ2v) is 12.8. The van der Waals surface area contributed by atoms with Gasteiger partial charge in [0.2, 0.25) is 0 Å². The van der Waals surface area contributed by atoms with Gasteiger partial charge >= 0.3 is 119 Å². The van der Waals surface area contributed by atoms with Gasteiger partial charge in [-0.1, -0.05) is 0 Å². The van der Waals surface area contributed by atoms with E-state index in [1.807, 2.05) is 0 Å². The topological polar surface area (TPSA) is 0 Å². The predicted octanol–water partition coefficient (Wildman–Crippen LogP) is 3.42. The average Bonchev–Trinajstić information content (AvgIpc) is 2.32. The van der Waals surface area contributed by atoms with Crippen LogP contribution < -0.4 is 0 Å². The standard InChI is InChI=1S/C11H19Si.K/c1-11(2,3)12(4,5)10-8-6-7-9-10;/h6,8H,7H2,1-5H3;. The maximum atomic E-state index is 2.52. The van der Waals surface area contributed by atoms with E-state index in [1.54, 1.807) is 4.86 Å². The Labute approximate surface area is 117 Å². The molecule has 13 heavy (non-hydrogen) atoms. The van der Waals surface area contributed by atoms with Gasteiger partial charge in [-0.15, -0.1) is 0 Å². The molecule has 0 spiro atoms. The van der Waals surface area contributed by atoms with Crippen molar-refractivity contribution in [2.24, 2.45) is 0 Å². The molecule has 0 amide bonds. The maximum absolute atomic E-state index is 2.52. The summed E-state index contributed by atoms with van der Waals surface area (Å²) in [7, 11) is -1.20. The van der Waals surface area contributed by atoms with Gasteiger partial charge in [0, 0.05) is 0 Å². The van der Waals surface area contributed by atoms with Gasteiger partial charge < -0.3 is 0 Å². The summed E-state index contributed by atoms with van der Waals surface area (Å²) in [4.78, 5) is 0. The summed E-state index contributed by atoms with van der Waals surface area (Å²) in [6, 6.07) is 0. The molecule has 0 aromatic heterocycles. The second kappa shape index (κ2) is 4.07. The summed E-state index contributed by atoms with van der Waals surface area (Å²) in [6.07, 6.45) is 6.04. The molecule has 1 rings (SSSR count). The van der Waals surface area contributed by atoms with Gasteiger partial charge in [0.15, 0.2) is 0 Å². The molecule has 1 aliphatic rings. The SMILES string of the molecule is CC(C)(C)[Si](C)(C)C1=[C]([K])CC=C1. The van der Waals surface area contributed by atoms with E-state index in [2.05, 4.69) is 46.0 Å². The van der Waals surface area contributed by atoms with Gasteiger partial charge in [-0.25, -0.2) is 0 Å². The van der Waals surface area contributed by atoms with Crippen molar-refractivity contribution in [2.75, 3.05) is 0 Å². The van der Waals surface area contributed by atoms with Gasteiger partial charge in [-0.2, -0.15) is 0 Å². The molecule has 0 aliphatic heterocycles. The zero-order valence-electron chi connectivity index (χ0n) is 9.86. The van der Waals surface area contributed by atoms with Gasteiger partial charge in [0.25, 0.3) is 0 Å². The quantitative estimate of drug-likeness (QED) is 0.592. The zero-order valence-corrected chi connectivity index (χ0v) is 14.0. The molecule has 0 saturated carbocycles. The monoisotopic (exact) mass is 218 g/mol. The number of hydrogen-bond acceptors (Lipinski definition) is 0. The molecule has 0 aromatic rings. The van der Waals surface area contributed by atoms with Gasteiger partial charge in [-0.05, 0) is 0 Å². The zero-order chi connectivity index (χ0) is 10.3. The van der Waals surface area contributed by atoms with Crippen LogP contribution in [0.5, 0.6) is 0 Å². The fourth-order valence-electron chi connectivity index (χ4n) is 1.75. The number of rotatable bonds is 1. The van der Waals surface area contributed by atoms with Crippen LogP contribution in [0, 0.1) is 0 Å². The third kappa shape index (κ3) is 2.47. The van der Waals surface area contributed by atoms with E-state index in [1.165, 1.54) is 6.42 Å². The Kier molecular flexibility index (Phi) is 3.88. The van der Waals surface area contributed by atoms with Crippen molar-refractivity contribution in [2.45, 2.75) is 45.3 Å². The van der Waals surface area contributed by atoms with Gasteiger partial charge in [-0.3, -0.25) is 0 Å². The third-order valence-electron chi connectivity index (χ3n) is 3.72. The summed E-state index contributed by atoms with van der Waals surface area (Å²) in [6.45, 7) is 12.2. The molecule has 0 unspecified atom stereocenters. The molecular weight excluding hydrogens is 199 g/mol. The molecule has 0 atom stereocenters. The molecule has 0 radical (unpaired) electrons. The Balaban J connectivity index is 3.07. The Morgan fingerprint density at radius 2 is 1.85 bits per heavy atom. The van der Waals surface area contributed by atoms with E-state index in [-0.39, 0.29) is 0 Å².